The van der Waals surface area contributed by atoms with Crippen molar-refractivity contribution in [3.63, 3.8) is 0 Å². The average Bonchev–Trinajstić information content (AvgIpc) is 3.00. The van der Waals surface area contributed by atoms with E-state index >= 15 is 0 Å². The van der Waals surface area contributed by atoms with Crippen molar-refractivity contribution in [1.29, 1.82) is 0 Å². The monoisotopic (exact) mass is 317 g/mol. The van der Waals surface area contributed by atoms with E-state index in [1.54, 1.807) is 20.2 Å². The smallest absolute Gasteiger partial charge is 0.259 e. The van der Waals surface area contributed by atoms with Gasteiger partial charge in [0.1, 0.15) is 5.82 Å². The number of carbonyl (C=O) groups is 1. The lowest BCUT2D eigenvalue weighted by Gasteiger charge is -2.34. The van der Waals surface area contributed by atoms with Gasteiger partial charge in [-0.05, 0) is 19.1 Å². The summed E-state index contributed by atoms with van der Waals surface area (Å²) in [5.74, 6) is 1.89. The molecule has 0 N–H and O–H groups in total. The molecule has 3 heterocycles. The third-order valence-corrected chi connectivity index (χ3v) is 3.73. The van der Waals surface area contributed by atoms with Gasteiger partial charge in [0, 0.05) is 32.9 Å². The van der Waals surface area contributed by atoms with E-state index in [-0.39, 0.29) is 5.91 Å². The number of methoxy groups -OCH3 is 1. The summed E-state index contributed by atoms with van der Waals surface area (Å²) in [5, 5.41) is 3.76. The maximum Gasteiger partial charge on any atom is 0.259 e. The maximum atomic E-state index is 12.1. The zero-order valence-electron chi connectivity index (χ0n) is 13.2. The molecule has 0 spiro atoms. The number of amides is 1. The van der Waals surface area contributed by atoms with E-state index in [9.17, 15) is 4.79 Å². The van der Waals surface area contributed by atoms with E-state index in [1.807, 2.05) is 21.9 Å². The van der Waals surface area contributed by atoms with Crippen LogP contribution in [0.15, 0.2) is 22.9 Å². The minimum absolute atomic E-state index is 0.0895. The second-order valence-electron chi connectivity index (χ2n) is 5.35. The van der Waals surface area contributed by atoms with Crippen LogP contribution in [0.25, 0.3) is 11.5 Å². The largest absolute Gasteiger partial charge is 0.383 e. The van der Waals surface area contributed by atoms with Crippen molar-refractivity contribution in [3.05, 3.63) is 24.2 Å². The number of nitrogens with zero attached hydrogens (tertiary/aromatic N) is 5. The summed E-state index contributed by atoms with van der Waals surface area (Å²) < 4.78 is 10.1. The summed E-state index contributed by atoms with van der Waals surface area (Å²) >= 11 is 0. The van der Waals surface area contributed by atoms with E-state index in [0.29, 0.717) is 38.0 Å². The zero-order valence-corrected chi connectivity index (χ0v) is 13.2. The van der Waals surface area contributed by atoms with Crippen LogP contribution in [-0.2, 0) is 9.53 Å². The Morgan fingerprint density at radius 1 is 1.35 bits per heavy atom. The molecular formula is C15H19N5O3. The molecule has 23 heavy (non-hydrogen) atoms. The number of hydrogen-bond donors (Lipinski definition) is 0. The Labute approximate surface area is 134 Å². The molecule has 0 aliphatic carbocycles. The van der Waals surface area contributed by atoms with Gasteiger partial charge in [0.2, 0.25) is 5.91 Å². The fraction of sp³-hybridized carbons (Fsp3) is 0.467. The predicted molar refractivity (Wildman–Crippen MR) is 82.9 cm³/mol. The van der Waals surface area contributed by atoms with Gasteiger partial charge in [0.05, 0.1) is 18.7 Å². The molecule has 122 valence electrons. The number of hydrogen-bond acceptors (Lipinski definition) is 7. The van der Waals surface area contributed by atoms with E-state index in [2.05, 4.69) is 15.1 Å². The zero-order chi connectivity index (χ0) is 16.2. The van der Waals surface area contributed by atoms with Gasteiger partial charge in [-0.3, -0.25) is 4.79 Å². The summed E-state index contributed by atoms with van der Waals surface area (Å²) in [7, 11) is 1.64. The Kier molecular flexibility index (Phi) is 4.52. The quantitative estimate of drug-likeness (QED) is 0.804. The van der Waals surface area contributed by atoms with E-state index in [1.165, 1.54) is 0 Å². The predicted octanol–water partition coefficient (Wildman–Crippen LogP) is 0.735. The van der Waals surface area contributed by atoms with Crippen LogP contribution in [0.2, 0.25) is 0 Å². The molecule has 0 bridgehead atoms. The molecule has 1 aliphatic heterocycles. The minimum Gasteiger partial charge on any atom is -0.383 e. The van der Waals surface area contributed by atoms with Gasteiger partial charge in [0.25, 0.3) is 5.89 Å². The second-order valence-corrected chi connectivity index (χ2v) is 5.35. The molecule has 2 aromatic heterocycles. The van der Waals surface area contributed by atoms with Crippen LogP contribution >= 0.6 is 0 Å². The van der Waals surface area contributed by atoms with E-state index < -0.39 is 0 Å². The van der Waals surface area contributed by atoms with Gasteiger partial charge >= 0.3 is 0 Å². The highest BCUT2D eigenvalue weighted by atomic mass is 16.5. The fourth-order valence-corrected chi connectivity index (χ4v) is 2.46. The number of pyridine rings is 1. The molecule has 1 fully saturated rings. The minimum atomic E-state index is 0.0895. The molecule has 8 nitrogen and oxygen atoms in total. The van der Waals surface area contributed by atoms with Crippen molar-refractivity contribution >= 4 is 11.7 Å². The van der Waals surface area contributed by atoms with Crippen molar-refractivity contribution < 1.29 is 14.1 Å². The first kappa shape index (κ1) is 15.4. The number of carbonyl (C=O) groups excluding carboxylic acids is 1. The molecule has 0 unspecified atom stereocenters. The van der Waals surface area contributed by atoms with Crippen LogP contribution in [0.1, 0.15) is 5.82 Å². The number of rotatable bonds is 5. The van der Waals surface area contributed by atoms with Crippen LogP contribution < -0.4 is 4.90 Å². The molecule has 0 atom stereocenters. The molecule has 8 heteroatoms. The topological polar surface area (TPSA) is 84.6 Å². The summed E-state index contributed by atoms with van der Waals surface area (Å²) in [6, 6.07) is 3.74. The molecule has 0 radical (unpaired) electrons. The highest BCUT2D eigenvalue weighted by molar-refractivity contribution is 5.82. The van der Waals surface area contributed by atoms with E-state index in [4.69, 9.17) is 9.26 Å². The van der Waals surface area contributed by atoms with Crippen LogP contribution in [0, 0.1) is 6.92 Å². The third kappa shape index (κ3) is 3.48. The third-order valence-electron chi connectivity index (χ3n) is 3.73. The Hall–Kier alpha value is -2.48. The molecule has 1 amide bonds. The number of aromatic nitrogens is 3. The Morgan fingerprint density at radius 3 is 2.83 bits per heavy atom. The number of ether oxygens (including phenoxy) is 1. The van der Waals surface area contributed by atoms with Crippen molar-refractivity contribution in [2.45, 2.75) is 6.92 Å². The first-order valence-corrected chi connectivity index (χ1v) is 7.46. The maximum absolute atomic E-state index is 12.1. The van der Waals surface area contributed by atoms with Gasteiger partial charge in [-0.2, -0.15) is 4.98 Å². The lowest BCUT2D eigenvalue weighted by atomic mass is 10.2. The van der Waals surface area contributed by atoms with Crippen molar-refractivity contribution in [2.75, 3.05) is 44.8 Å². The Bertz CT molecular complexity index is 670. The Balaban J connectivity index is 1.65. The van der Waals surface area contributed by atoms with Crippen LogP contribution in [-0.4, -0.2) is 65.8 Å². The van der Waals surface area contributed by atoms with E-state index in [0.717, 1.165) is 17.9 Å². The van der Waals surface area contributed by atoms with Crippen molar-refractivity contribution in [1.82, 2.24) is 20.0 Å². The lowest BCUT2D eigenvalue weighted by molar-refractivity contribution is -0.131. The SMILES string of the molecule is COCCN1CCN(c2ccc(-c3nc(C)no3)cn2)CC1=O. The summed E-state index contributed by atoms with van der Waals surface area (Å²) in [4.78, 5) is 24.5. The summed E-state index contributed by atoms with van der Waals surface area (Å²) in [5.41, 5.74) is 0.763. The van der Waals surface area contributed by atoms with Crippen LogP contribution in [0.5, 0.6) is 0 Å². The van der Waals surface area contributed by atoms with Crippen LogP contribution in [0.4, 0.5) is 5.82 Å². The van der Waals surface area contributed by atoms with Gasteiger partial charge in [-0.15, -0.1) is 0 Å². The highest BCUT2D eigenvalue weighted by Crippen LogP contribution is 2.20. The number of piperazine rings is 1. The fourth-order valence-electron chi connectivity index (χ4n) is 2.46. The molecule has 0 aromatic carbocycles. The first-order chi connectivity index (χ1) is 11.2. The molecule has 2 aromatic rings. The first-order valence-electron chi connectivity index (χ1n) is 7.46. The average molecular weight is 317 g/mol. The van der Waals surface area contributed by atoms with Gasteiger partial charge in [-0.25, -0.2) is 4.98 Å². The van der Waals surface area contributed by atoms with Crippen molar-refractivity contribution in [3.8, 4) is 11.5 Å². The second kappa shape index (κ2) is 6.74. The summed E-state index contributed by atoms with van der Waals surface area (Å²) in [6.45, 7) is 4.71. The van der Waals surface area contributed by atoms with Gasteiger partial charge in [-0.1, -0.05) is 5.16 Å². The van der Waals surface area contributed by atoms with Gasteiger partial charge in [0.15, 0.2) is 5.82 Å². The molecule has 3 rings (SSSR count). The molecule has 0 saturated carbocycles. The number of aryl methyl sites for hydroxylation is 1. The molecular weight excluding hydrogens is 298 g/mol. The highest BCUT2D eigenvalue weighted by Gasteiger charge is 2.24. The molecule has 1 saturated heterocycles. The summed E-state index contributed by atoms with van der Waals surface area (Å²) in [6.07, 6.45) is 1.68. The molecule has 1 aliphatic rings. The van der Waals surface area contributed by atoms with Crippen molar-refractivity contribution in [2.24, 2.45) is 0 Å². The Morgan fingerprint density at radius 2 is 2.22 bits per heavy atom. The standard InChI is InChI=1S/C15H19N5O3/c1-11-17-15(23-18-11)12-3-4-13(16-9-12)20-6-5-19(7-8-22-2)14(21)10-20/h3-4,9H,5-8,10H2,1-2H3. The normalized spacial score (nSPS) is 15.3. The lowest BCUT2D eigenvalue weighted by Crippen LogP contribution is -2.51. The number of anilines is 1. The van der Waals surface area contributed by atoms with Gasteiger partial charge < -0.3 is 19.1 Å². The van der Waals surface area contributed by atoms with Crippen LogP contribution in [0.3, 0.4) is 0 Å².